The number of pyridine rings is 1. The van der Waals surface area contributed by atoms with Gasteiger partial charge in [-0.1, -0.05) is 23.8 Å². The van der Waals surface area contributed by atoms with Gasteiger partial charge in [-0.15, -0.1) is 0 Å². The summed E-state index contributed by atoms with van der Waals surface area (Å²) in [5.74, 6) is -0.354. The third-order valence-electron chi connectivity index (χ3n) is 3.20. The predicted molar refractivity (Wildman–Crippen MR) is 76.7 cm³/mol. The lowest BCUT2D eigenvalue weighted by Crippen LogP contribution is -2.01. The number of rotatable bonds is 2. The molecule has 0 aliphatic carbocycles. The Kier molecular flexibility index (Phi) is 2.99. The zero-order valence-corrected chi connectivity index (χ0v) is 11.3. The minimum absolute atomic E-state index is 0.354. The van der Waals surface area contributed by atoms with Gasteiger partial charge in [-0.25, -0.2) is 9.78 Å². The van der Waals surface area contributed by atoms with Crippen molar-refractivity contribution in [3.05, 3.63) is 59.9 Å². The van der Waals surface area contributed by atoms with E-state index >= 15 is 0 Å². The number of imidazole rings is 1. The largest absolute Gasteiger partial charge is 0.465 e. The van der Waals surface area contributed by atoms with Crippen LogP contribution >= 0.6 is 0 Å². The first-order valence-corrected chi connectivity index (χ1v) is 6.31. The second-order valence-corrected chi connectivity index (χ2v) is 4.67. The molecule has 100 valence electrons. The summed E-state index contributed by atoms with van der Waals surface area (Å²) < 4.78 is 6.61. The van der Waals surface area contributed by atoms with Crippen LogP contribution < -0.4 is 0 Å². The van der Waals surface area contributed by atoms with Crippen molar-refractivity contribution in [2.45, 2.75) is 6.92 Å². The molecule has 3 rings (SSSR count). The first-order chi connectivity index (χ1) is 9.67. The average Bonchev–Trinajstić information content (AvgIpc) is 2.89. The predicted octanol–water partition coefficient (Wildman–Crippen LogP) is 3.10. The third kappa shape index (κ3) is 2.16. The summed E-state index contributed by atoms with van der Waals surface area (Å²) in [6, 6.07) is 11.6. The lowest BCUT2D eigenvalue weighted by Gasteiger charge is -1.98. The second kappa shape index (κ2) is 4.81. The number of aromatic nitrogens is 2. The molecule has 0 radical (unpaired) electrons. The summed E-state index contributed by atoms with van der Waals surface area (Å²) >= 11 is 0. The summed E-state index contributed by atoms with van der Waals surface area (Å²) in [6.07, 6.45) is 3.76. The molecule has 2 heterocycles. The molecular weight excluding hydrogens is 252 g/mol. The van der Waals surface area contributed by atoms with E-state index in [1.54, 1.807) is 12.1 Å². The molecule has 0 spiro atoms. The Morgan fingerprint density at radius 1 is 1.25 bits per heavy atom. The Morgan fingerprint density at radius 3 is 2.85 bits per heavy atom. The summed E-state index contributed by atoms with van der Waals surface area (Å²) in [5.41, 5.74) is 4.37. The number of hydrogen-bond acceptors (Lipinski definition) is 3. The van der Waals surface area contributed by atoms with Gasteiger partial charge < -0.3 is 9.14 Å². The molecule has 2 aromatic heterocycles. The van der Waals surface area contributed by atoms with Crippen molar-refractivity contribution in [1.82, 2.24) is 9.38 Å². The molecule has 4 nitrogen and oxygen atoms in total. The van der Waals surface area contributed by atoms with E-state index in [0.29, 0.717) is 5.56 Å². The Morgan fingerprint density at radius 2 is 2.10 bits per heavy atom. The van der Waals surface area contributed by atoms with Crippen molar-refractivity contribution in [3.8, 4) is 11.3 Å². The fraction of sp³-hybridized carbons (Fsp3) is 0.125. The van der Waals surface area contributed by atoms with Gasteiger partial charge in [-0.05, 0) is 25.1 Å². The number of benzene rings is 1. The molecule has 4 heteroatoms. The number of aryl methyl sites for hydroxylation is 1. The van der Waals surface area contributed by atoms with E-state index in [1.165, 1.54) is 12.7 Å². The third-order valence-corrected chi connectivity index (χ3v) is 3.20. The highest BCUT2D eigenvalue weighted by molar-refractivity contribution is 5.90. The van der Waals surface area contributed by atoms with Crippen LogP contribution in [0.1, 0.15) is 15.9 Å². The van der Waals surface area contributed by atoms with Crippen LogP contribution in [0.15, 0.2) is 48.8 Å². The number of fused-ring (bicyclic) bond motifs is 1. The first-order valence-electron chi connectivity index (χ1n) is 6.31. The van der Waals surface area contributed by atoms with Crippen molar-refractivity contribution < 1.29 is 9.53 Å². The maximum Gasteiger partial charge on any atom is 0.338 e. The van der Waals surface area contributed by atoms with E-state index in [-0.39, 0.29) is 5.97 Å². The van der Waals surface area contributed by atoms with Crippen molar-refractivity contribution in [2.24, 2.45) is 0 Å². The lowest BCUT2D eigenvalue weighted by molar-refractivity contribution is 0.0600. The number of esters is 1. The Labute approximate surface area is 116 Å². The minimum atomic E-state index is -0.354. The van der Waals surface area contributed by atoms with Crippen molar-refractivity contribution in [3.63, 3.8) is 0 Å². The van der Waals surface area contributed by atoms with Crippen LogP contribution in [0.4, 0.5) is 0 Å². The van der Waals surface area contributed by atoms with Gasteiger partial charge in [0.2, 0.25) is 0 Å². The highest BCUT2D eigenvalue weighted by atomic mass is 16.5. The highest BCUT2D eigenvalue weighted by Crippen LogP contribution is 2.20. The first kappa shape index (κ1) is 12.4. The summed E-state index contributed by atoms with van der Waals surface area (Å²) in [5, 5.41) is 0. The van der Waals surface area contributed by atoms with Crippen LogP contribution in [0.25, 0.3) is 16.9 Å². The van der Waals surface area contributed by atoms with Gasteiger partial charge in [0, 0.05) is 18.0 Å². The molecule has 0 N–H and O–H groups in total. The van der Waals surface area contributed by atoms with E-state index in [1.807, 2.05) is 28.9 Å². The van der Waals surface area contributed by atoms with Gasteiger partial charge in [-0.3, -0.25) is 0 Å². The maximum atomic E-state index is 11.5. The highest BCUT2D eigenvalue weighted by Gasteiger charge is 2.09. The van der Waals surface area contributed by atoms with Crippen LogP contribution in [0, 0.1) is 6.92 Å². The van der Waals surface area contributed by atoms with Crippen molar-refractivity contribution in [2.75, 3.05) is 7.11 Å². The maximum absolute atomic E-state index is 11.5. The standard InChI is InChI=1S/C16H14N2O2/c1-11-4-3-5-12(8-11)14-10-18-7-6-13(16(19)20-2)9-15(18)17-14/h3-10H,1-2H3. The Bertz CT molecular complexity index is 790. The number of carbonyl (C=O) groups excluding carboxylic acids is 1. The molecule has 0 unspecified atom stereocenters. The second-order valence-electron chi connectivity index (χ2n) is 4.67. The SMILES string of the molecule is COC(=O)c1ccn2cc(-c3cccc(C)c3)nc2c1. The quantitative estimate of drug-likeness (QED) is 0.669. The van der Waals surface area contributed by atoms with E-state index in [4.69, 9.17) is 4.74 Å². The number of ether oxygens (including phenoxy) is 1. The van der Waals surface area contributed by atoms with Gasteiger partial charge in [0.25, 0.3) is 0 Å². The normalized spacial score (nSPS) is 10.7. The van der Waals surface area contributed by atoms with Gasteiger partial charge in [0.1, 0.15) is 5.65 Å². The van der Waals surface area contributed by atoms with Crippen molar-refractivity contribution >= 4 is 11.6 Å². The van der Waals surface area contributed by atoms with E-state index in [9.17, 15) is 4.79 Å². The molecular formula is C16H14N2O2. The van der Waals surface area contributed by atoms with Crippen LogP contribution in [-0.4, -0.2) is 22.5 Å². The van der Waals surface area contributed by atoms with Crippen LogP contribution in [0.2, 0.25) is 0 Å². The number of methoxy groups -OCH3 is 1. The number of carbonyl (C=O) groups is 1. The monoisotopic (exact) mass is 266 g/mol. The molecule has 0 fully saturated rings. The molecule has 0 atom stereocenters. The summed E-state index contributed by atoms with van der Waals surface area (Å²) in [6.45, 7) is 2.05. The van der Waals surface area contributed by atoms with Crippen LogP contribution in [0.3, 0.4) is 0 Å². The van der Waals surface area contributed by atoms with Gasteiger partial charge in [0.15, 0.2) is 0 Å². The fourth-order valence-corrected chi connectivity index (χ4v) is 2.17. The molecule has 0 saturated heterocycles. The summed E-state index contributed by atoms with van der Waals surface area (Å²) in [4.78, 5) is 16.1. The average molecular weight is 266 g/mol. The number of nitrogens with zero attached hydrogens (tertiary/aromatic N) is 2. The smallest absolute Gasteiger partial charge is 0.338 e. The van der Waals surface area contributed by atoms with E-state index < -0.39 is 0 Å². The Balaban J connectivity index is 2.09. The molecule has 0 aliphatic heterocycles. The minimum Gasteiger partial charge on any atom is -0.465 e. The molecule has 0 aliphatic rings. The van der Waals surface area contributed by atoms with Gasteiger partial charge >= 0.3 is 5.97 Å². The summed E-state index contributed by atoms with van der Waals surface area (Å²) in [7, 11) is 1.37. The number of hydrogen-bond donors (Lipinski definition) is 0. The van der Waals surface area contributed by atoms with Gasteiger partial charge in [0.05, 0.1) is 18.4 Å². The van der Waals surface area contributed by atoms with Crippen molar-refractivity contribution in [1.29, 1.82) is 0 Å². The molecule has 0 amide bonds. The molecule has 0 saturated carbocycles. The zero-order chi connectivity index (χ0) is 14.1. The fourth-order valence-electron chi connectivity index (χ4n) is 2.17. The topological polar surface area (TPSA) is 43.6 Å². The molecule has 0 bridgehead atoms. The van der Waals surface area contributed by atoms with Gasteiger partial charge in [-0.2, -0.15) is 0 Å². The zero-order valence-electron chi connectivity index (χ0n) is 11.3. The Hall–Kier alpha value is -2.62. The molecule has 20 heavy (non-hydrogen) atoms. The molecule has 3 aromatic rings. The lowest BCUT2D eigenvalue weighted by atomic mass is 10.1. The van der Waals surface area contributed by atoms with E-state index in [0.717, 1.165) is 16.9 Å². The molecule has 1 aromatic carbocycles. The van der Waals surface area contributed by atoms with Crippen LogP contribution in [0.5, 0.6) is 0 Å². The van der Waals surface area contributed by atoms with E-state index in [2.05, 4.69) is 24.0 Å². The van der Waals surface area contributed by atoms with Crippen LogP contribution in [-0.2, 0) is 4.74 Å².